The standard InChI is InChI=1S/C15H14Br2N2O2/c16-10-4-5-14(13(17)8-10)21-7-6-15(20)19-12-3-1-2-11(18)9-12/h1-5,8-9H,6-7,18H2,(H,19,20). The SMILES string of the molecule is Nc1cccc(NC(=O)CCOc2ccc(Br)cc2Br)c1. The molecule has 4 nitrogen and oxygen atoms in total. The van der Waals surface area contributed by atoms with E-state index in [1.54, 1.807) is 24.3 Å². The molecule has 0 radical (unpaired) electrons. The summed E-state index contributed by atoms with van der Waals surface area (Å²) in [4.78, 5) is 11.8. The van der Waals surface area contributed by atoms with Crippen molar-refractivity contribution in [1.29, 1.82) is 0 Å². The Morgan fingerprint density at radius 1 is 1.19 bits per heavy atom. The van der Waals surface area contributed by atoms with Gasteiger partial charge in [-0.05, 0) is 52.3 Å². The predicted molar refractivity (Wildman–Crippen MR) is 91.4 cm³/mol. The Kier molecular flexibility index (Phi) is 5.64. The second-order valence-electron chi connectivity index (χ2n) is 4.35. The molecule has 21 heavy (non-hydrogen) atoms. The van der Waals surface area contributed by atoms with Crippen molar-refractivity contribution >= 4 is 49.1 Å². The smallest absolute Gasteiger partial charge is 0.227 e. The van der Waals surface area contributed by atoms with Gasteiger partial charge >= 0.3 is 0 Å². The van der Waals surface area contributed by atoms with Gasteiger partial charge in [0.05, 0.1) is 17.5 Å². The minimum atomic E-state index is -0.117. The lowest BCUT2D eigenvalue weighted by atomic mass is 10.3. The van der Waals surface area contributed by atoms with Crippen LogP contribution in [-0.2, 0) is 4.79 Å². The van der Waals surface area contributed by atoms with Gasteiger partial charge in [-0.25, -0.2) is 0 Å². The van der Waals surface area contributed by atoms with Gasteiger partial charge in [0.15, 0.2) is 0 Å². The Labute approximate surface area is 139 Å². The first-order valence-corrected chi connectivity index (χ1v) is 7.86. The molecule has 0 spiro atoms. The normalized spacial score (nSPS) is 10.2. The molecule has 0 aliphatic rings. The number of nitrogens with two attached hydrogens (primary N) is 1. The van der Waals surface area contributed by atoms with Crippen molar-refractivity contribution in [2.75, 3.05) is 17.7 Å². The molecule has 2 rings (SSSR count). The van der Waals surface area contributed by atoms with Crippen molar-refractivity contribution in [2.45, 2.75) is 6.42 Å². The number of anilines is 2. The Balaban J connectivity index is 1.81. The zero-order chi connectivity index (χ0) is 15.2. The predicted octanol–water partition coefficient (Wildman–Crippen LogP) is 4.20. The van der Waals surface area contributed by atoms with Gasteiger partial charge in [-0.3, -0.25) is 4.79 Å². The molecule has 0 fully saturated rings. The monoisotopic (exact) mass is 412 g/mol. The van der Waals surface area contributed by atoms with E-state index in [0.717, 1.165) is 8.95 Å². The largest absolute Gasteiger partial charge is 0.492 e. The third-order valence-electron chi connectivity index (χ3n) is 2.65. The Morgan fingerprint density at radius 3 is 2.71 bits per heavy atom. The van der Waals surface area contributed by atoms with Gasteiger partial charge in [-0.1, -0.05) is 22.0 Å². The lowest BCUT2D eigenvalue weighted by Gasteiger charge is -2.09. The zero-order valence-electron chi connectivity index (χ0n) is 11.1. The van der Waals surface area contributed by atoms with E-state index >= 15 is 0 Å². The summed E-state index contributed by atoms with van der Waals surface area (Å²) in [6.07, 6.45) is 0.261. The lowest BCUT2D eigenvalue weighted by Crippen LogP contribution is -2.15. The Bertz CT molecular complexity index is 647. The zero-order valence-corrected chi connectivity index (χ0v) is 14.3. The summed E-state index contributed by atoms with van der Waals surface area (Å²) in [5, 5.41) is 2.77. The number of hydrogen-bond donors (Lipinski definition) is 2. The van der Waals surface area contributed by atoms with Crippen LogP contribution in [-0.4, -0.2) is 12.5 Å². The molecule has 0 aliphatic carbocycles. The molecule has 3 N–H and O–H groups in total. The summed E-state index contributed by atoms with van der Waals surface area (Å²) in [5.41, 5.74) is 6.95. The van der Waals surface area contributed by atoms with Crippen LogP contribution in [0.4, 0.5) is 11.4 Å². The number of hydrogen-bond acceptors (Lipinski definition) is 3. The van der Waals surface area contributed by atoms with Crippen LogP contribution in [0.25, 0.3) is 0 Å². The molecular formula is C15H14Br2N2O2. The highest BCUT2D eigenvalue weighted by Gasteiger charge is 2.05. The molecule has 0 bridgehead atoms. The molecule has 1 amide bonds. The van der Waals surface area contributed by atoms with Gasteiger partial charge in [0.1, 0.15) is 5.75 Å². The van der Waals surface area contributed by atoms with Crippen LogP contribution >= 0.6 is 31.9 Å². The van der Waals surface area contributed by atoms with E-state index in [0.29, 0.717) is 23.7 Å². The fraction of sp³-hybridized carbons (Fsp3) is 0.133. The van der Waals surface area contributed by atoms with Crippen LogP contribution in [0.3, 0.4) is 0 Å². The van der Waals surface area contributed by atoms with Crippen LogP contribution in [0.15, 0.2) is 51.4 Å². The number of benzene rings is 2. The first-order chi connectivity index (χ1) is 10.0. The maximum atomic E-state index is 11.8. The van der Waals surface area contributed by atoms with E-state index in [-0.39, 0.29) is 12.3 Å². The van der Waals surface area contributed by atoms with Gasteiger partial charge in [-0.15, -0.1) is 0 Å². The first kappa shape index (κ1) is 15.9. The number of nitrogen functional groups attached to an aromatic ring is 1. The molecule has 0 unspecified atom stereocenters. The molecule has 0 aromatic heterocycles. The second kappa shape index (κ2) is 7.47. The van der Waals surface area contributed by atoms with E-state index in [4.69, 9.17) is 10.5 Å². The number of rotatable bonds is 5. The van der Waals surface area contributed by atoms with E-state index in [9.17, 15) is 4.79 Å². The number of carbonyl (C=O) groups is 1. The van der Waals surface area contributed by atoms with Gasteiger partial charge in [0, 0.05) is 15.8 Å². The minimum Gasteiger partial charge on any atom is -0.492 e. The second-order valence-corrected chi connectivity index (χ2v) is 6.12. The maximum absolute atomic E-state index is 11.8. The molecule has 110 valence electrons. The van der Waals surface area contributed by atoms with Gasteiger partial charge in [0.2, 0.25) is 5.91 Å². The van der Waals surface area contributed by atoms with Crippen LogP contribution in [0.1, 0.15) is 6.42 Å². The van der Waals surface area contributed by atoms with Crippen molar-refractivity contribution < 1.29 is 9.53 Å². The van der Waals surface area contributed by atoms with Crippen LogP contribution in [0.2, 0.25) is 0 Å². The van der Waals surface area contributed by atoms with Crippen molar-refractivity contribution in [3.05, 3.63) is 51.4 Å². The third kappa shape index (κ3) is 5.06. The summed E-state index contributed by atoms with van der Waals surface area (Å²) in [7, 11) is 0. The minimum absolute atomic E-state index is 0.117. The number of nitrogens with one attached hydrogen (secondary N) is 1. The highest BCUT2D eigenvalue weighted by molar-refractivity contribution is 9.11. The fourth-order valence-electron chi connectivity index (χ4n) is 1.69. The lowest BCUT2D eigenvalue weighted by molar-refractivity contribution is -0.116. The van der Waals surface area contributed by atoms with Gasteiger partial charge in [-0.2, -0.15) is 0 Å². The van der Waals surface area contributed by atoms with Crippen molar-refractivity contribution in [3.8, 4) is 5.75 Å². The van der Waals surface area contributed by atoms with E-state index < -0.39 is 0 Å². The average Bonchev–Trinajstić information content (AvgIpc) is 2.41. The topological polar surface area (TPSA) is 64.3 Å². The summed E-state index contributed by atoms with van der Waals surface area (Å²) in [6.45, 7) is 0.300. The summed E-state index contributed by atoms with van der Waals surface area (Å²) >= 11 is 6.78. The Hall–Kier alpha value is -1.53. The molecule has 0 saturated carbocycles. The first-order valence-electron chi connectivity index (χ1n) is 6.28. The molecule has 0 heterocycles. The van der Waals surface area contributed by atoms with Crippen molar-refractivity contribution in [3.63, 3.8) is 0 Å². The highest BCUT2D eigenvalue weighted by Crippen LogP contribution is 2.28. The quantitative estimate of drug-likeness (QED) is 0.722. The average molecular weight is 414 g/mol. The highest BCUT2D eigenvalue weighted by atomic mass is 79.9. The molecule has 2 aromatic rings. The van der Waals surface area contributed by atoms with E-state index in [1.165, 1.54) is 0 Å². The van der Waals surface area contributed by atoms with Gasteiger partial charge < -0.3 is 15.8 Å². The van der Waals surface area contributed by atoms with Crippen molar-refractivity contribution in [2.24, 2.45) is 0 Å². The van der Waals surface area contributed by atoms with E-state index in [2.05, 4.69) is 37.2 Å². The van der Waals surface area contributed by atoms with Crippen LogP contribution in [0, 0.1) is 0 Å². The van der Waals surface area contributed by atoms with E-state index in [1.807, 2.05) is 18.2 Å². The fourth-order valence-corrected chi connectivity index (χ4v) is 2.85. The van der Waals surface area contributed by atoms with Gasteiger partial charge in [0.25, 0.3) is 0 Å². The summed E-state index contributed by atoms with van der Waals surface area (Å²) < 4.78 is 7.37. The molecule has 2 aromatic carbocycles. The number of carbonyl (C=O) groups excluding carboxylic acids is 1. The number of amides is 1. The number of halogens is 2. The van der Waals surface area contributed by atoms with Crippen LogP contribution < -0.4 is 15.8 Å². The van der Waals surface area contributed by atoms with Crippen molar-refractivity contribution in [1.82, 2.24) is 0 Å². The molecule has 0 atom stereocenters. The third-order valence-corrected chi connectivity index (χ3v) is 3.76. The maximum Gasteiger partial charge on any atom is 0.227 e. The molecule has 0 aliphatic heterocycles. The number of ether oxygens (including phenoxy) is 1. The summed E-state index contributed by atoms with van der Waals surface area (Å²) in [5.74, 6) is 0.587. The summed E-state index contributed by atoms with van der Waals surface area (Å²) in [6, 6.07) is 12.7. The molecule has 6 heteroatoms. The molecular weight excluding hydrogens is 400 g/mol. The van der Waals surface area contributed by atoms with Crippen LogP contribution in [0.5, 0.6) is 5.75 Å². The Morgan fingerprint density at radius 2 is 2.00 bits per heavy atom. The molecule has 0 saturated heterocycles.